The Morgan fingerprint density at radius 2 is 0.667 bits per heavy atom. The van der Waals surface area contributed by atoms with Crippen LogP contribution in [-0.2, 0) is 0 Å². The maximum absolute atomic E-state index is 5.45. The van der Waals surface area contributed by atoms with Gasteiger partial charge in [-0.25, -0.2) is 4.98 Å². The first-order chi connectivity index (χ1) is 31.2. The van der Waals surface area contributed by atoms with Crippen molar-refractivity contribution in [3.63, 3.8) is 0 Å². The van der Waals surface area contributed by atoms with Crippen LogP contribution in [0.1, 0.15) is 0 Å². The molecule has 0 aliphatic rings. The third kappa shape index (κ3) is 5.59. The number of benzene rings is 9. The molecule has 0 N–H and O–H groups in total. The Morgan fingerprint density at radius 3 is 1.27 bits per heavy atom. The van der Waals surface area contributed by atoms with E-state index in [2.05, 4.69) is 244 Å². The van der Waals surface area contributed by atoms with Crippen molar-refractivity contribution >= 4 is 65.4 Å². The van der Waals surface area contributed by atoms with Crippen LogP contribution in [0, 0.1) is 0 Å². The minimum Gasteiger partial charge on any atom is -0.309 e. The van der Waals surface area contributed by atoms with E-state index in [0.29, 0.717) is 0 Å². The van der Waals surface area contributed by atoms with Crippen molar-refractivity contribution < 1.29 is 0 Å². The van der Waals surface area contributed by atoms with Crippen molar-refractivity contribution in [3.05, 3.63) is 231 Å². The van der Waals surface area contributed by atoms with Crippen LogP contribution in [0.3, 0.4) is 0 Å². The lowest BCUT2D eigenvalue weighted by molar-refractivity contribution is 1.08. The Morgan fingerprint density at radius 1 is 0.238 bits per heavy atom. The molecule has 0 aliphatic heterocycles. The zero-order valence-corrected chi connectivity index (χ0v) is 34.2. The predicted octanol–water partition coefficient (Wildman–Crippen LogP) is 15.4. The number of rotatable bonds is 6. The molecule has 63 heavy (non-hydrogen) atoms. The summed E-state index contributed by atoms with van der Waals surface area (Å²) in [5.74, 6) is 0.878. The van der Waals surface area contributed by atoms with Crippen LogP contribution in [0.15, 0.2) is 231 Å². The van der Waals surface area contributed by atoms with Crippen molar-refractivity contribution in [2.75, 3.05) is 0 Å². The fraction of sp³-hybridized carbons (Fsp3) is 0. The van der Waals surface area contributed by atoms with Gasteiger partial charge in [0.2, 0.25) is 0 Å². The number of nitrogens with zero attached hydrogens (tertiary/aromatic N) is 4. The number of hydrogen-bond donors (Lipinski definition) is 0. The molecule has 0 radical (unpaired) electrons. The molecule has 0 bridgehead atoms. The van der Waals surface area contributed by atoms with Gasteiger partial charge in [-0.15, -0.1) is 0 Å². The Hall–Kier alpha value is -8.47. The summed E-state index contributed by atoms with van der Waals surface area (Å²) < 4.78 is 7.15. The van der Waals surface area contributed by atoms with E-state index in [0.717, 1.165) is 50.6 Å². The van der Waals surface area contributed by atoms with E-state index >= 15 is 0 Å². The summed E-state index contributed by atoms with van der Waals surface area (Å²) in [6.07, 6.45) is 0. The summed E-state index contributed by atoms with van der Waals surface area (Å²) in [7, 11) is 0. The quantitative estimate of drug-likeness (QED) is 0.165. The highest BCUT2D eigenvalue weighted by Gasteiger charge is 2.20. The first-order valence-corrected chi connectivity index (χ1v) is 21.5. The lowest BCUT2D eigenvalue weighted by Crippen LogP contribution is -2.00. The van der Waals surface area contributed by atoms with Crippen LogP contribution in [-0.4, -0.2) is 18.7 Å². The molecule has 4 aromatic heterocycles. The Balaban J connectivity index is 1.07. The van der Waals surface area contributed by atoms with Gasteiger partial charge >= 0.3 is 0 Å². The zero-order valence-electron chi connectivity index (χ0n) is 34.2. The molecule has 0 unspecified atom stereocenters. The van der Waals surface area contributed by atoms with Crippen molar-refractivity contribution in [2.45, 2.75) is 0 Å². The van der Waals surface area contributed by atoms with Crippen LogP contribution in [0.5, 0.6) is 0 Å². The van der Waals surface area contributed by atoms with Gasteiger partial charge in [0.05, 0.1) is 38.8 Å². The molecule has 0 spiro atoms. The molecule has 294 valence electrons. The van der Waals surface area contributed by atoms with Crippen molar-refractivity contribution in [1.29, 1.82) is 0 Å². The van der Waals surface area contributed by atoms with E-state index < -0.39 is 0 Å². The highest BCUT2D eigenvalue weighted by molar-refractivity contribution is 6.14. The molecule has 4 heterocycles. The van der Waals surface area contributed by atoms with Crippen LogP contribution in [0.2, 0.25) is 0 Å². The van der Waals surface area contributed by atoms with Crippen molar-refractivity contribution in [2.24, 2.45) is 0 Å². The molecule has 4 heteroatoms. The van der Waals surface area contributed by atoms with Gasteiger partial charge in [-0.05, 0) is 107 Å². The summed E-state index contributed by atoms with van der Waals surface area (Å²) in [5.41, 5.74) is 15.9. The zero-order chi connectivity index (χ0) is 41.4. The molecule has 0 saturated heterocycles. The Bertz CT molecular complexity index is 3780. The molecule has 13 aromatic rings. The van der Waals surface area contributed by atoms with Crippen LogP contribution in [0.4, 0.5) is 0 Å². The van der Waals surface area contributed by atoms with E-state index in [1.807, 2.05) is 0 Å². The molecule has 13 rings (SSSR count). The highest BCUT2D eigenvalue weighted by Crippen LogP contribution is 2.41. The van der Waals surface area contributed by atoms with Gasteiger partial charge in [0, 0.05) is 49.3 Å². The number of fused-ring (bicyclic) bond motifs is 9. The number of para-hydroxylation sites is 4. The SMILES string of the molecule is c1ccc(-c2cc(-c3ccccc3)nc(-n3c4ccc(-c5ccc6c(c5)c5ccccc5n6-c5ccccc5)cc4c4cc(-n5c6ccccc6c6ccccc65)ccc43)c2)cc1. The summed E-state index contributed by atoms with van der Waals surface area (Å²) in [4.78, 5) is 5.45. The number of hydrogen-bond acceptors (Lipinski definition) is 1. The van der Waals surface area contributed by atoms with Crippen molar-refractivity contribution in [1.82, 2.24) is 18.7 Å². The highest BCUT2D eigenvalue weighted by atomic mass is 15.1. The summed E-state index contributed by atoms with van der Waals surface area (Å²) in [5, 5.41) is 7.31. The van der Waals surface area contributed by atoms with E-state index in [1.165, 1.54) is 65.5 Å². The first kappa shape index (κ1) is 35.3. The normalized spacial score (nSPS) is 11.8. The molecule has 0 amide bonds. The molecule has 0 fully saturated rings. The molecular formula is C59H38N4. The Kier molecular flexibility index (Phi) is 7.87. The third-order valence-electron chi connectivity index (χ3n) is 12.8. The monoisotopic (exact) mass is 802 g/mol. The minimum absolute atomic E-state index is 0.878. The summed E-state index contributed by atoms with van der Waals surface area (Å²) in [6.45, 7) is 0. The number of pyridine rings is 1. The minimum atomic E-state index is 0.878. The average molecular weight is 803 g/mol. The van der Waals surface area contributed by atoms with Crippen LogP contribution >= 0.6 is 0 Å². The second-order valence-corrected chi connectivity index (χ2v) is 16.4. The maximum Gasteiger partial charge on any atom is 0.138 e. The lowest BCUT2D eigenvalue weighted by Gasteiger charge is -2.13. The van der Waals surface area contributed by atoms with E-state index in [9.17, 15) is 0 Å². The second-order valence-electron chi connectivity index (χ2n) is 16.4. The first-order valence-electron chi connectivity index (χ1n) is 21.5. The summed E-state index contributed by atoms with van der Waals surface area (Å²) >= 11 is 0. The van der Waals surface area contributed by atoms with Gasteiger partial charge in [-0.3, -0.25) is 4.57 Å². The fourth-order valence-corrected chi connectivity index (χ4v) is 9.97. The second kappa shape index (κ2) is 14.1. The predicted molar refractivity (Wildman–Crippen MR) is 264 cm³/mol. The smallest absolute Gasteiger partial charge is 0.138 e. The van der Waals surface area contributed by atoms with E-state index in [-0.39, 0.29) is 0 Å². The number of aromatic nitrogens is 4. The molecule has 9 aromatic carbocycles. The maximum atomic E-state index is 5.45. The van der Waals surface area contributed by atoms with Crippen LogP contribution < -0.4 is 0 Å². The molecule has 4 nitrogen and oxygen atoms in total. The third-order valence-corrected chi connectivity index (χ3v) is 12.8. The Labute approximate surface area is 363 Å². The largest absolute Gasteiger partial charge is 0.309 e. The topological polar surface area (TPSA) is 27.7 Å². The average Bonchev–Trinajstić information content (AvgIpc) is 3.99. The van der Waals surface area contributed by atoms with Gasteiger partial charge in [0.1, 0.15) is 5.82 Å². The van der Waals surface area contributed by atoms with Gasteiger partial charge < -0.3 is 9.13 Å². The van der Waals surface area contributed by atoms with Crippen LogP contribution in [0.25, 0.3) is 116 Å². The van der Waals surface area contributed by atoms with Gasteiger partial charge in [0.25, 0.3) is 0 Å². The molecule has 0 saturated carbocycles. The fourth-order valence-electron chi connectivity index (χ4n) is 9.97. The standard InChI is InChI=1S/C59H38N4/c1-4-16-39(17-5-1)43-36-52(40-18-6-2-7-19-40)60-59(37-43)63-57-32-29-42(41-28-31-56-49(34-41)48-24-12-15-27-55(48)61(56)44-20-8-3-9-21-44)35-50(57)51-38-45(30-33-58(51)63)62-53-25-13-10-22-46(53)47-23-11-14-26-54(47)62/h1-38H. The molecule has 0 atom stereocenters. The van der Waals surface area contributed by atoms with E-state index in [4.69, 9.17) is 4.98 Å². The molecule has 0 aliphatic carbocycles. The van der Waals surface area contributed by atoms with Gasteiger partial charge in [-0.2, -0.15) is 0 Å². The van der Waals surface area contributed by atoms with Crippen molar-refractivity contribution in [3.8, 4) is 50.7 Å². The summed E-state index contributed by atoms with van der Waals surface area (Å²) in [6, 6.07) is 83.3. The lowest BCUT2D eigenvalue weighted by atomic mass is 10.0. The van der Waals surface area contributed by atoms with Gasteiger partial charge in [-0.1, -0.05) is 146 Å². The van der Waals surface area contributed by atoms with E-state index in [1.54, 1.807) is 0 Å². The molecular weight excluding hydrogens is 765 g/mol. The van der Waals surface area contributed by atoms with Gasteiger partial charge in [0.15, 0.2) is 0 Å².